The molecule has 3 heterocycles. The van der Waals surface area contributed by atoms with Crippen molar-refractivity contribution in [3.8, 4) is 11.4 Å². The van der Waals surface area contributed by atoms with E-state index >= 15 is 0 Å². The van der Waals surface area contributed by atoms with Crippen LogP contribution in [0.15, 0.2) is 64.5 Å². The first kappa shape index (κ1) is 20.3. The number of hydrogen-bond donors (Lipinski definition) is 0. The van der Waals surface area contributed by atoms with E-state index in [4.69, 9.17) is 9.72 Å². The fourth-order valence-corrected chi connectivity index (χ4v) is 6.24. The minimum absolute atomic E-state index is 0.0952. The molecule has 0 fully saturated rings. The Labute approximate surface area is 189 Å². The van der Waals surface area contributed by atoms with Crippen molar-refractivity contribution >= 4 is 33.4 Å². The molecule has 158 valence electrons. The Morgan fingerprint density at radius 1 is 1.13 bits per heavy atom. The van der Waals surface area contributed by atoms with Gasteiger partial charge in [0.1, 0.15) is 16.1 Å². The molecule has 7 heteroatoms. The van der Waals surface area contributed by atoms with E-state index in [2.05, 4.69) is 40.8 Å². The van der Waals surface area contributed by atoms with Gasteiger partial charge < -0.3 is 9.64 Å². The fourth-order valence-electron chi connectivity index (χ4n) is 3.85. The van der Waals surface area contributed by atoms with Crippen molar-refractivity contribution in [2.24, 2.45) is 0 Å². The van der Waals surface area contributed by atoms with Gasteiger partial charge in [-0.1, -0.05) is 42.1 Å². The topological polar surface area (TPSA) is 47.4 Å². The summed E-state index contributed by atoms with van der Waals surface area (Å²) in [6.07, 6.45) is 0.795. The lowest BCUT2D eigenvalue weighted by Gasteiger charge is -2.23. The molecule has 4 aromatic rings. The zero-order valence-corrected chi connectivity index (χ0v) is 19.1. The summed E-state index contributed by atoms with van der Waals surface area (Å²) in [5.74, 6) is 1.61. The van der Waals surface area contributed by atoms with Crippen LogP contribution in [0.5, 0.6) is 5.75 Å². The molecule has 0 atom stereocenters. The normalized spacial score (nSPS) is 14.0. The molecule has 5 nitrogen and oxygen atoms in total. The Hall–Kier alpha value is -2.61. The second kappa shape index (κ2) is 8.49. The minimum Gasteiger partial charge on any atom is -0.497 e. The van der Waals surface area contributed by atoms with Crippen LogP contribution in [0.1, 0.15) is 16.0 Å². The quantitative estimate of drug-likeness (QED) is 0.412. The average Bonchev–Trinajstić information content (AvgIpc) is 3.17. The summed E-state index contributed by atoms with van der Waals surface area (Å²) in [6, 6.07) is 18.3. The zero-order valence-electron chi connectivity index (χ0n) is 17.5. The smallest absolute Gasteiger partial charge is 0.211 e. The maximum absolute atomic E-state index is 13.3. The van der Waals surface area contributed by atoms with E-state index in [0.717, 1.165) is 57.1 Å². The van der Waals surface area contributed by atoms with Crippen LogP contribution in [-0.4, -0.2) is 35.2 Å². The molecule has 0 bridgehead atoms. The lowest BCUT2D eigenvalue weighted by Crippen LogP contribution is -2.30. The van der Waals surface area contributed by atoms with Crippen LogP contribution in [-0.2, 0) is 18.7 Å². The molecular formula is C24H23N3O2S2. The van der Waals surface area contributed by atoms with E-state index < -0.39 is 0 Å². The van der Waals surface area contributed by atoms with Crippen LogP contribution < -0.4 is 10.2 Å². The van der Waals surface area contributed by atoms with Gasteiger partial charge in [0.15, 0.2) is 5.16 Å². The molecule has 2 aromatic carbocycles. The molecule has 0 saturated carbocycles. The number of rotatable bonds is 5. The van der Waals surface area contributed by atoms with Crippen molar-refractivity contribution in [3.63, 3.8) is 0 Å². The van der Waals surface area contributed by atoms with Crippen LogP contribution in [0.3, 0.4) is 0 Å². The summed E-state index contributed by atoms with van der Waals surface area (Å²) in [5, 5.41) is 0.848. The number of aromatic nitrogens is 2. The highest BCUT2D eigenvalue weighted by molar-refractivity contribution is 7.98. The van der Waals surface area contributed by atoms with E-state index in [1.807, 2.05) is 30.3 Å². The van der Waals surface area contributed by atoms with Crippen molar-refractivity contribution < 1.29 is 4.74 Å². The molecule has 0 spiro atoms. The van der Waals surface area contributed by atoms with Crippen LogP contribution in [0, 0.1) is 0 Å². The molecule has 0 saturated heterocycles. The van der Waals surface area contributed by atoms with Crippen molar-refractivity contribution in [1.82, 2.24) is 14.5 Å². The Kier molecular flexibility index (Phi) is 5.56. The second-order valence-electron chi connectivity index (χ2n) is 7.68. The van der Waals surface area contributed by atoms with E-state index in [-0.39, 0.29) is 5.43 Å². The number of para-hydroxylation sites is 1. The summed E-state index contributed by atoms with van der Waals surface area (Å²) in [5.41, 5.74) is 3.85. The molecule has 0 amide bonds. The second-order valence-corrected chi connectivity index (χ2v) is 9.70. The predicted octanol–water partition coefficient (Wildman–Crippen LogP) is 4.74. The number of nitrogens with zero attached hydrogens (tertiary/aromatic N) is 3. The van der Waals surface area contributed by atoms with Crippen molar-refractivity contribution in [1.29, 1.82) is 0 Å². The lowest BCUT2D eigenvalue weighted by molar-refractivity contribution is 0.316. The van der Waals surface area contributed by atoms with E-state index in [9.17, 15) is 4.79 Å². The van der Waals surface area contributed by atoms with Gasteiger partial charge in [0.2, 0.25) is 5.43 Å². The largest absolute Gasteiger partial charge is 0.497 e. The Balaban J connectivity index is 1.61. The van der Waals surface area contributed by atoms with Crippen LogP contribution in [0.4, 0.5) is 0 Å². The first-order chi connectivity index (χ1) is 15.1. The highest BCUT2D eigenvalue weighted by Gasteiger charge is 2.24. The predicted molar refractivity (Wildman–Crippen MR) is 128 cm³/mol. The Morgan fingerprint density at radius 2 is 1.90 bits per heavy atom. The van der Waals surface area contributed by atoms with Crippen molar-refractivity contribution in [2.75, 3.05) is 20.7 Å². The lowest BCUT2D eigenvalue weighted by atomic mass is 10.1. The number of hydrogen-bond acceptors (Lipinski definition) is 6. The van der Waals surface area contributed by atoms with Crippen molar-refractivity contribution in [2.45, 2.75) is 23.9 Å². The fraction of sp³-hybridized carbons (Fsp3) is 0.250. The summed E-state index contributed by atoms with van der Waals surface area (Å²) in [6.45, 7) is 1.73. The number of imidazole rings is 1. The van der Waals surface area contributed by atoms with Gasteiger partial charge in [-0.05, 0) is 43.3 Å². The third kappa shape index (κ3) is 3.89. The monoisotopic (exact) mass is 449 g/mol. The molecule has 2 aromatic heterocycles. The van der Waals surface area contributed by atoms with Gasteiger partial charge >= 0.3 is 0 Å². The van der Waals surface area contributed by atoms with Gasteiger partial charge in [-0.15, -0.1) is 11.3 Å². The third-order valence-corrected chi connectivity index (χ3v) is 7.75. The van der Waals surface area contributed by atoms with E-state index in [0.29, 0.717) is 5.52 Å². The Bertz CT molecular complexity index is 1280. The minimum atomic E-state index is 0.0952. The molecule has 0 N–H and O–H groups in total. The molecule has 31 heavy (non-hydrogen) atoms. The number of benzene rings is 2. The van der Waals surface area contributed by atoms with E-state index in [1.165, 1.54) is 5.56 Å². The van der Waals surface area contributed by atoms with Crippen molar-refractivity contribution in [3.05, 3.63) is 80.8 Å². The standard InChI is InChI=1S/C24H23N3O2S2/c1-26-13-12-19-20(14-26)31-23-21(22(19)28)25-24(27(23)17-6-4-3-5-7-17)30-15-16-8-10-18(29-2)11-9-16/h3-11H,12-15H2,1-2H3. The SMILES string of the molecule is COc1ccc(CSc2nc3c(=O)c4c(sc3n2-c2ccccc2)CN(C)CC4)cc1. The van der Waals surface area contributed by atoms with Gasteiger partial charge in [-0.3, -0.25) is 9.36 Å². The van der Waals surface area contributed by atoms with Gasteiger partial charge in [0, 0.05) is 35.0 Å². The maximum Gasteiger partial charge on any atom is 0.211 e. The summed E-state index contributed by atoms with van der Waals surface area (Å²) >= 11 is 3.36. The first-order valence-corrected chi connectivity index (χ1v) is 12.0. The third-order valence-electron chi connectivity index (χ3n) is 5.55. The van der Waals surface area contributed by atoms with Gasteiger partial charge in [0.05, 0.1) is 7.11 Å². The van der Waals surface area contributed by atoms with Gasteiger partial charge in [0.25, 0.3) is 0 Å². The summed E-state index contributed by atoms with van der Waals surface area (Å²) < 4.78 is 7.40. The molecule has 5 rings (SSSR count). The number of ether oxygens (including phenoxy) is 1. The van der Waals surface area contributed by atoms with E-state index in [1.54, 1.807) is 30.2 Å². The molecule has 1 aliphatic rings. The maximum atomic E-state index is 13.3. The Morgan fingerprint density at radius 3 is 2.65 bits per heavy atom. The zero-order chi connectivity index (χ0) is 21.4. The highest BCUT2D eigenvalue weighted by atomic mass is 32.2. The van der Waals surface area contributed by atoms with Gasteiger partial charge in [-0.2, -0.15) is 0 Å². The summed E-state index contributed by atoms with van der Waals surface area (Å²) in [4.78, 5) is 22.5. The number of fused-ring (bicyclic) bond motifs is 2. The van der Waals surface area contributed by atoms with Crippen LogP contribution in [0.2, 0.25) is 0 Å². The highest BCUT2D eigenvalue weighted by Crippen LogP contribution is 2.34. The number of methoxy groups -OCH3 is 1. The van der Waals surface area contributed by atoms with Crippen LogP contribution >= 0.6 is 23.1 Å². The summed E-state index contributed by atoms with van der Waals surface area (Å²) in [7, 11) is 3.78. The first-order valence-electron chi connectivity index (χ1n) is 10.2. The van der Waals surface area contributed by atoms with Crippen LogP contribution in [0.25, 0.3) is 16.0 Å². The molecular weight excluding hydrogens is 426 g/mol. The average molecular weight is 450 g/mol. The number of likely N-dealkylation sites (N-methyl/N-ethyl adjacent to an activating group) is 1. The molecule has 0 aliphatic carbocycles. The molecule has 1 aliphatic heterocycles. The molecule has 0 radical (unpaired) electrons. The molecule has 0 unspecified atom stereocenters. The number of thioether (sulfide) groups is 1. The van der Waals surface area contributed by atoms with Gasteiger partial charge in [-0.25, -0.2) is 4.98 Å².